The number of aryl methyl sites for hydroxylation is 2. The van der Waals surface area contributed by atoms with Crippen molar-refractivity contribution in [3.05, 3.63) is 17.0 Å². The highest BCUT2D eigenvalue weighted by molar-refractivity contribution is 7.88. The zero-order chi connectivity index (χ0) is 10.9. The Hall–Kier alpha value is -0.880. The van der Waals surface area contributed by atoms with Gasteiger partial charge >= 0.3 is 0 Å². The summed E-state index contributed by atoms with van der Waals surface area (Å²) in [5, 5.41) is 9.20. The van der Waals surface area contributed by atoms with Crippen molar-refractivity contribution < 1.29 is 8.42 Å². The number of hydrogen-bond donors (Lipinski definition) is 1. The molecule has 5 nitrogen and oxygen atoms in total. The van der Waals surface area contributed by atoms with Gasteiger partial charge in [0.2, 0.25) is 10.0 Å². The average Bonchev–Trinajstić information content (AvgIpc) is 2.29. The molecule has 0 aliphatic heterocycles. The van der Waals surface area contributed by atoms with Crippen LogP contribution in [0.4, 0.5) is 0 Å². The molecule has 0 spiro atoms. The smallest absolute Gasteiger partial charge is 0.213 e. The summed E-state index contributed by atoms with van der Waals surface area (Å²) in [5.74, 6) is -0.134. The van der Waals surface area contributed by atoms with E-state index < -0.39 is 10.0 Å². The summed E-state index contributed by atoms with van der Waals surface area (Å²) in [5.41, 5.74) is 2.33. The molecule has 0 radical (unpaired) electrons. The van der Waals surface area contributed by atoms with Gasteiger partial charge in [0.05, 0.1) is 11.4 Å². The Morgan fingerprint density at radius 3 is 2.36 bits per heavy atom. The van der Waals surface area contributed by atoms with Gasteiger partial charge in [-0.15, -0.1) is 0 Å². The molecule has 1 heterocycles. The Morgan fingerprint density at radius 2 is 2.00 bits per heavy atom. The molecule has 0 atom stereocenters. The van der Waals surface area contributed by atoms with Gasteiger partial charge in [-0.25, -0.2) is 13.6 Å². The third-order valence-electron chi connectivity index (χ3n) is 2.18. The Balaban J connectivity index is 3.15. The lowest BCUT2D eigenvalue weighted by atomic mass is 10.2. The molecule has 0 saturated carbocycles. The van der Waals surface area contributed by atoms with Crippen LogP contribution in [-0.2, 0) is 22.3 Å². The standard InChI is InChI=1S/C8H15N3O2S/c1-4-11-7(3)8(6(2)10-11)5-14(9,12)13/h4-5H2,1-3H3,(H2,9,12,13). The predicted octanol–water partition coefficient (Wildman–Crippen LogP) is 0.308. The van der Waals surface area contributed by atoms with Crippen LogP contribution < -0.4 is 5.14 Å². The summed E-state index contributed by atoms with van der Waals surface area (Å²) in [7, 11) is -3.47. The molecular weight excluding hydrogens is 202 g/mol. The fourth-order valence-corrected chi connectivity index (χ4v) is 2.27. The molecule has 0 aliphatic carbocycles. The third kappa shape index (κ3) is 2.33. The van der Waals surface area contributed by atoms with Crippen LogP contribution in [0.15, 0.2) is 0 Å². The van der Waals surface area contributed by atoms with Crippen LogP contribution in [0.5, 0.6) is 0 Å². The van der Waals surface area contributed by atoms with Crippen molar-refractivity contribution in [1.29, 1.82) is 0 Å². The molecule has 0 aliphatic rings. The minimum absolute atomic E-state index is 0.134. The molecule has 1 rings (SSSR count). The largest absolute Gasteiger partial charge is 0.270 e. The number of primary sulfonamides is 1. The molecule has 1 aromatic heterocycles. The van der Waals surface area contributed by atoms with Crippen LogP contribution in [0.1, 0.15) is 23.9 Å². The van der Waals surface area contributed by atoms with Crippen LogP contribution in [0, 0.1) is 13.8 Å². The van der Waals surface area contributed by atoms with E-state index in [0.29, 0.717) is 5.56 Å². The minimum atomic E-state index is -3.47. The van der Waals surface area contributed by atoms with Gasteiger partial charge in [-0.1, -0.05) is 0 Å². The first-order chi connectivity index (χ1) is 6.35. The molecular formula is C8H15N3O2S. The minimum Gasteiger partial charge on any atom is -0.270 e. The SMILES string of the molecule is CCn1nc(C)c(CS(N)(=O)=O)c1C. The molecule has 1 aromatic rings. The normalized spacial score (nSPS) is 12.0. The summed E-state index contributed by atoms with van der Waals surface area (Å²) in [6, 6.07) is 0. The van der Waals surface area contributed by atoms with E-state index in [0.717, 1.165) is 17.9 Å². The lowest BCUT2D eigenvalue weighted by molar-refractivity contribution is 0.596. The Labute approximate surface area is 84.0 Å². The van der Waals surface area contributed by atoms with Crippen LogP contribution in [0.2, 0.25) is 0 Å². The highest BCUT2D eigenvalue weighted by Crippen LogP contribution is 2.14. The van der Waals surface area contributed by atoms with E-state index in [-0.39, 0.29) is 5.75 Å². The number of hydrogen-bond acceptors (Lipinski definition) is 3. The van der Waals surface area contributed by atoms with Crippen molar-refractivity contribution in [2.24, 2.45) is 5.14 Å². The first kappa shape index (κ1) is 11.2. The van der Waals surface area contributed by atoms with Crippen LogP contribution >= 0.6 is 0 Å². The van der Waals surface area contributed by atoms with Gasteiger partial charge in [0, 0.05) is 17.8 Å². The van der Waals surface area contributed by atoms with Crippen molar-refractivity contribution in [2.45, 2.75) is 33.1 Å². The summed E-state index contributed by atoms with van der Waals surface area (Å²) in [6.07, 6.45) is 0. The van der Waals surface area contributed by atoms with Crippen molar-refractivity contribution >= 4 is 10.0 Å². The molecule has 80 valence electrons. The first-order valence-electron chi connectivity index (χ1n) is 4.38. The molecule has 0 amide bonds. The second kappa shape index (κ2) is 3.70. The highest BCUT2D eigenvalue weighted by Gasteiger charge is 2.15. The predicted molar refractivity (Wildman–Crippen MR) is 54.2 cm³/mol. The van der Waals surface area contributed by atoms with E-state index in [1.807, 2.05) is 13.8 Å². The van der Waals surface area contributed by atoms with E-state index in [1.165, 1.54) is 0 Å². The summed E-state index contributed by atoms with van der Waals surface area (Å²) in [4.78, 5) is 0. The maximum atomic E-state index is 10.9. The van der Waals surface area contributed by atoms with E-state index >= 15 is 0 Å². The third-order valence-corrected chi connectivity index (χ3v) is 2.87. The van der Waals surface area contributed by atoms with E-state index in [1.54, 1.807) is 11.6 Å². The maximum Gasteiger partial charge on any atom is 0.213 e. The zero-order valence-corrected chi connectivity index (χ0v) is 9.43. The van der Waals surface area contributed by atoms with E-state index in [9.17, 15) is 8.42 Å². The fraction of sp³-hybridized carbons (Fsp3) is 0.625. The van der Waals surface area contributed by atoms with Crippen molar-refractivity contribution in [3.8, 4) is 0 Å². The lowest BCUT2D eigenvalue weighted by Gasteiger charge is -2.01. The summed E-state index contributed by atoms with van der Waals surface area (Å²) >= 11 is 0. The topological polar surface area (TPSA) is 78.0 Å². The molecule has 0 fully saturated rings. The van der Waals surface area contributed by atoms with E-state index in [4.69, 9.17) is 5.14 Å². The molecule has 0 bridgehead atoms. The van der Waals surface area contributed by atoms with Gasteiger partial charge in [0.1, 0.15) is 0 Å². The second-order valence-electron chi connectivity index (χ2n) is 3.27. The molecule has 2 N–H and O–H groups in total. The molecule has 14 heavy (non-hydrogen) atoms. The fourth-order valence-electron chi connectivity index (χ4n) is 1.45. The highest BCUT2D eigenvalue weighted by atomic mass is 32.2. The van der Waals surface area contributed by atoms with Crippen LogP contribution in [0.3, 0.4) is 0 Å². The van der Waals surface area contributed by atoms with Crippen molar-refractivity contribution in [3.63, 3.8) is 0 Å². The van der Waals surface area contributed by atoms with Gasteiger partial charge < -0.3 is 0 Å². The maximum absolute atomic E-state index is 10.9. The van der Waals surface area contributed by atoms with Gasteiger partial charge in [-0.2, -0.15) is 5.10 Å². The van der Waals surface area contributed by atoms with E-state index in [2.05, 4.69) is 5.10 Å². The van der Waals surface area contributed by atoms with Gasteiger partial charge in [0.25, 0.3) is 0 Å². The van der Waals surface area contributed by atoms with Crippen LogP contribution in [-0.4, -0.2) is 18.2 Å². The number of nitrogens with zero attached hydrogens (tertiary/aromatic N) is 2. The van der Waals surface area contributed by atoms with Crippen molar-refractivity contribution in [2.75, 3.05) is 0 Å². The molecule has 0 aromatic carbocycles. The quantitative estimate of drug-likeness (QED) is 0.791. The molecule has 0 unspecified atom stereocenters. The number of rotatable bonds is 3. The summed E-state index contributed by atoms with van der Waals surface area (Å²) < 4.78 is 23.7. The number of nitrogens with two attached hydrogens (primary N) is 1. The van der Waals surface area contributed by atoms with Gasteiger partial charge in [-0.05, 0) is 20.8 Å². The monoisotopic (exact) mass is 217 g/mol. The zero-order valence-electron chi connectivity index (χ0n) is 8.61. The van der Waals surface area contributed by atoms with Gasteiger partial charge in [0.15, 0.2) is 0 Å². The molecule has 0 saturated heterocycles. The lowest BCUT2D eigenvalue weighted by Crippen LogP contribution is -2.15. The number of sulfonamides is 1. The average molecular weight is 217 g/mol. The Kier molecular flexibility index (Phi) is 2.96. The Morgan fingerprint density at radius 1 is 1.43 bits per heavy atom. The summed E-state index contributed by atoms with van der Waals surface area (Å²) in [6.45, 7) is 6.33. The van der Waals surface area contributed by atoms with Gasteiger partial charge in [-0.3, -0.25) is 4.68 Å². The van der Waals surface area contributed by atoms with Crippen LogP contribution in [0.25, 0.3) is 0 Å². The number of aromatic nitrogens is 2. The molecule has 6 heteroatoms. The Bertz CT molecular complexity index is 434. The van der Waals surface area contributed by atoms with Crippen molar-refractivity contribution in [1.82, 2.24) is 9.78 Å². The second-order valence-corrected chi connectivity index (χ2v) is 4.89. The first-order valence-corrected chi connectivity index (χ1v) is 6.10.